The molecule has 6 nitrogen and oxygen atoms in total. The lowest BCUT2D eigenvalue weighted by molar-refractivity contribution is -0.115. The van der Waals surface area contributed by atoms with Crippen LogP contribution in [0.25, 0.3) is 22.3 Å². The maximum absolute atomic E-state index is 12.7. The van der Waals surface area contributed by atoms with E-state index in [1.54, 1.807) is 18.2 Å². The molecule has 4 aromatic rings. The summed E-state index contributed by atoms with van der Waals surface area (Å²) in [6.45, 7) is 0. The van der Waals surface area contributed by atoms with Crippen LogP contribution in [0, 0.1) is 0 Å². The van der Waals surface area contributed by atoms with Gasteiger partial charge in [-0.05, 0) is 42.7 Å². The van der Waals surface area contributed by atoms with Gasteiger partial charge in [-0.2, -0.15) is 5.10 Å². The highest BCUT2D eigenvalue weighted by Gasteiger charge is 2.25. The van der Waals surface area contributed by atoms with Gasteiger partial charge in [-0.3, -0.25) is 14.7 Å². The van der Waals surface area contributed by atoms with Gasteiger partial charge in [0.15, 0.2) is 11.2 Å². The third-order valence-corrected chi connectivity index (χ3v) is 5.64. The summed E-state index contributed by atoms with van der Waals surface area (Å²) in [7, 11) is 0. The number of nitrogens with one attached hydrogen (secondary N) is 2. The van der Waals surface area contributed by atoms with Crippen molar-refractivity contribution >= 4 is 38.6 Å². The zero-order chi connectivity index (χ0) is 20.7. The Hall–Kier alpha value is -3.19. The Morgan fingerprint density at radius 3 is 2.83 bits per heavy atom. The van der Waals surface area contributed by atoms with Crippen LogP contribution in [-0.2, 0) is 11.2 Å². The Balaban J connectivity index is 1.36. The van der Waals surface area contributed by atoms with E-state index in [1.165, 1.54) is 18.9 Å². The van der Waals surface area contributed by atoms with Crippen molar-refractivity contribution in [2.45, 2.75) is 25.2 Å². The molecule has 2 aromatic carbocycles. The highest BCUT2D eigenvalue weighted by Crippen LogP contribution is 2.39. The number of aromatic nitrogens is 2. The average molecular weight is 464 g/mol. The predicted molar refractivity (Wildman–Crippen MR) is 119 cm³/mol. The topological polar surface area (TPSA) is 88.0 Å². The fourth-order valence-corrected chi connectivity index (χ4v) is 3.87. The molecule has 1 fully saturated rings. The lowest BCUT2D eigenvalue weighted by Crippen LogP contribution is -2.15. The summed E-state index contributed by atoms with van der Waals surface area (Å²) in [5, 5.41) is 10.4. The van der Waals surface area contributed by atoms with E-state index in [2.05, 4.69) is 31.4 Å². The second kappa shape index (κ2) is 7.57. The third-order valence-electron chi connectivity index (χ3n) is 5.15. The van der Waals surface area contributed by atoms with Crippen LogP contribution >= 0.6 is 15.9 Å². The van der Waals surface area contributed by atoms with E-state index in [1.807, 2.05) is 30.3 Å². The first-order valence-corrected chi connectivity index (χ1v) is 10.5. The molecule has 1 saturated carbocycles. The SMILES string of the molecule is O=C(Cc1ccc2oc(-c3cccc(Br)c3)cc(=O)c2c1)Nc1cc(C2CC2)[nH]n1. The zero-order valence-corrected chi connectivity index (χ0v) is 17.5. The molecule has 2 aromatic heterocycles. The van der Waals surface area contributed by atoms with Crippen molar-refractivity contribution in [3.8, 4) is 11.3 Å². The molecule has 7 heteroatoms. The number of H-pyrrole nitrogens is 1. The van der Waals surface area contributed by atoms with Crippen LogP contribution in [-0.4, -0.2) is 16.1 Å². The van der Waals surface area contributed by atoms with Gasteiger partial charge in [0.2, 0.25) is 5.91 Å². The number of fused-ring (bicyclic) bond motifs is 1. The standard InChI is InChI=1S/C23H18BrN3O3/c24-16-3-1-2-15(10-16)21-12-19(28)17-8-13(4-7-20(17)30-21)9-23(29)25-22-11-18(26-27-22)14-5-6-14/h1-4,7-8,10-12,14H,5-6,9H2,(H2,25,26,27,29). The van der Waals surface area contributed by atoms with Crippen molar-refractivity contribution in [3.63, 3.8) is 0 Å². The largest absolute Gasteiger partial charge is 0.456 e. The van der Waals surface area contributed by atoms with E-state index in [0.717, 1.165) is 21.3 Å². The van der Waals surface area contributed by atoms with Crippen LogP contribution in [0.3, 0.4) is 0 Å². The van der Waals surface area contributed by atoms with Gasteiger partial charge in [-0.25, -0.2) is 0 Å². The highest BCUT2D eigenvalue weighted by molar-refractivity contribution is 9.10. The first-order valence-electron chi connectivity index (χ1n) is 9.73. The molecule has 0 aliphatic heterocycles. The van der Waals surface area contributed by atoms with Crippen LogP contribution < -0.4 is 10.7 Å². The fraction of sp³-hybridized carbons (Fsp3) is 0.174. The summed E-state index contributed by atoms with van der Waals surface area (Å²) in [5.74, 6) is 1.40. The number of halogens is 1. The van der Waals surface area contributed by atoms with E-state index in [0.29, 0.717) is 28.5 Å². The van der Waals surface area contributed by atoms with Crippen LogP contribution in [0.4, 0.5) is 5.82 Å². The van der Waals surface area contributed by atoms with Crippen molar-refractivity contribution in [1.29, 1.82) is 0 Å². The Morgan fingerprint density at radius 1 is 1.17 bits per heavy atom. The summed E-state index contributed by atoms with van der Waals surface area (Å²) in [6.07, 6.45) is 2.48. The van der Waals surface area contributed by atoms with Gasteiger partial charge in [-0.1, -0.05) is 34.1 Å². The fourth-order valence-electron chi connectivity index (χ4n) is 3.47. The molecular formula is C23H18BrN3O3. The summed E-state index contributed by atoms with van der Waals surface area (Å²) in [6, 6.07) is 16.2. The Bertz CT molecular complexity index is 1320. The molecule has 30 heavy (non-hydrogen) atoms. The quantitative estimate of drug-likeness (QED) is 0.435. The van der Waals surface area contributed by atoms with E-state index in [9.17, 15) is 9.59 Å². The Kier molecular flexibility index (Phi) is 4.75. The molecule has 1 aliphatic rings. The second-order valence-electron chi connectivity index (χ2n) is 7.52. The number of amides is 1. The second-order valence-corrected chi connectivity index (χ2v) is 8.44. The lowest BCUT2D eigenvalue weighted by atomic mass is 10.1. The molecule has 150 valence electrons. The number of aromatic amines is 1. The van der Waals surface area contributed by atoms with Crippen LogP contribution in [0.15, 0.2) is 68.3 Å². The van der Waals surface area contributed by atoms with Crippen molar-refractivity contribution in [1.82, 2.24) is 10.2 Å². The molecule has 0 atom stereocenters. The van der Waals surface area contributed by atoms with Crippen molar-refractivity contribution in [2.24, 2.45) is 0 Å². The normalized spacial score (nSPS) is 13.5. The van der Waals surface area contributed by atoms with Crippen molar-refractivity contribution < 1.29 is 9.21 Å². The van der Waals surface area contributed by atoms with E-state index in [4.69, 9.17) is 4.42 Å². The van der Waals surface area contributed by atoms with Gasteiger partial charge in [-0.15, -0.1) is 0 Å². The smallest absolute Gasteiger partial charge is 0.229 e. The number of hydrogen-bond donors (Lipinski definition) is 2. The lowest BCUT2D eigenvalue weighted by Gasteiger charge is -2.06. The number of benzene rings is 2. The number of anilines is 1. The van der Waals surface area contributed by atoms with E-state index in [-0.39, 0.29) is 17.8 Å². The zero-order valence-electron chi connectivity index (χ0n) is 15.9. The minimum absolute atomic E-state index is 0.144. The van der Waals surface area contributed by atoms with E-state index >= 15 is 0 Å². The van der Waals surface area contributed by atoms with Gasteiger partial charge < -0.3 is 9.73 Å². The summed E-state index contributed by atoms with van der Waals surface area (Å²) >= 11 is 3.43. The first-order chi connectivity index (χ1) is 14.5. The minimum Gasteiger partial charge on any atom is -0.456 e. The number of hydrogen-bond acceptors (Lipinski definition) is 4. The molecule has 0 unspecified atom stereocenters. The van der Waals surface area contributed by atoms with Gasteiger partial charge in [0.1, 0.15) is 11.3 Å². The number of carbonyl (C=O) groups excluding carboxylic acids is 1. The molecule has 0 radical (unpaired) electrons. The van der Waals surface area contributed by atoms with Gasteiger partial charge in [0.05, 0.1) is 11.8 Å². The maximum Gasteiger partial charge on any atom is 0.229 e. The third kappa shape index (κ3) is 3.93. The highest BCUT2D eigenvalue weighted by atomic mass is 79.9. The number of rotatable bonds is 5. The molecule has 0 saturated heterocycles. The Morgan fingerprint density at radius 2 is 2.03 bits per heavy atom. The molecule has 2 N–H and O–H groups in total. The molecule has 5 rings (SSSR count). The van der Waals surface area contributed by atoms with Gasteiger partial charge in [0, 0.05) is 33.8 Å². The summed E-state index contributed by atoms with van der Waals surface area (Å²) in [5.41, 5.74) is 2.96. The van der Waals surface area contributed by atoms with Gasteiger partial charge in [0.25, 0.3) is 0 Å². The minimum atomic E-state index is -0.182. The maximum atomic E-state index is 12.7. The molecule has 0 bridgehead atoms. The molecule has 0 spiro atoms. The monoisotopic (exact) mass is 463 g/mol. The molecule has 1 amide bonds. The first kappa shape index (κ1) is 18.8. The number of nitrogens with zero attached hydrogens (tertiary/aromatic N) is 1. The van der Waals surface area contributed by atoms with Gasteiger partial charge >= 0.3 is 0 Å². The molecular weight excluding hydrogens is 446 g/mol. The van der Waals surface area contributed by atoms with Crippen molar-refractivity contribution in [2.75, 3.05) is 5.32 Å². The van der Waals surface area contributed by atoms with Crippen molar-refractivity contribution in [3.05, 3.63) is 80.6 Å². The Labute approximate surface area is 180 Å². The molecule has 1 aliphatic carbocycles. The average Bonchev–Trinajstić information content (AvgIpc) is 3.48. The predicted octanol–water partition coefficient (Wildman–Crippen LogP) is 5.00. The van der Waals surface area contributed by atoms with Crippen LogP contribution in [0.5, 0.6) is 0 Å². The summed E-state index contributed by atoms with van der Waals surface area (Å²) in [4.78, 5) is 25.1. The number of carbonyl (C=O) groups is 1. The van der Waals surface area contributed by atoms with Crippen LogP contribution in [0.1, 0.15) is 30.0 Å². The van der Waals surface area contributed by atoms with E-state index < -0.39 is 0 Å². The van der Waals surface area contributed by atoms with Crippen LogP contribution in [0.2, 0.25) is 0 Å². The molecule has 2 heterocycles. The summed E-state index contributed by atoms with van der Waals surface area (Å²) < 4.78 is 6.84.